The fraction of sp³-hybridized carbons (Fsp3) is 0.111. The Labute approximate surface area is 90.5 Å². The Morgan fingerprint density at radius 2 is 2.07 bits per heavy atom. The van der Waals surface area contributed by atoms with E-state index >= 15 is 0 Å². The van der Waals surface area contributed by atoms with Gasteiger partial charge < -0.3 is 14.8 Å². The summed E-state index contributed by atoms with van der Waals surface area (Å²) in [4.78, 5) is 12.3. The van der Waals surface area contributed by atoms with Crippen LogP contribution in [0.1, 0.15) is 0 Å². The first-order chi connectivity index (χ1) is 7.29. The lowest BCUT2D eigenvalue weighted by atomic mass is 10.6. The molecule has 0 aliphatic heterocycles. The van der Waals surface area contributed by atoms with Crippen LogP contribution in [0.5, 0.6) is 11.8 Å². The topological polar surface area (TPSA) is 71.0 Å². The Bertz CT molecular complexity index is 441. The predicted octanol–water partition coefficient (Wildman–Crippen LogP) is 1.67. The summed E-state index contributed by atoms with van der Waals surface area (Å²) in [5, 5.41) is 9.40. The molecule has 15 heavy (non-hydrogen) atoms. The molecular weight excluding hydrogens is 214 g/mol. The minimum atomic E-state index is 0.218. The molecule has 0 radical (unpaired) electrons. The molecule has 0 saturated carbocycles. The molecule has 0 atom stereocenters. The zero-order valence-electron chi connectivity index (χ0n) is 7.97. The minimum Gasteiger partial charge on any atom is -0.505 e. The molecule has 78 valence electrons. The number of nitrogens with one attached hydrogen (secondary N) is 1. The highest BCUT2D eigenvalue weighted by atomic mass is 32.2. The highest BCUT2D eigenvalue weighted by molar-refractivity contribution is 7.99. The van der Waals surface area contributed by atoms with Crippen molar-refractivity contribution in [2.45, 2.75) is 9.79 Å². The second-order valence-corrected chi connectivity index (χ2v) is 3.83. The number of aromatic amines is 1. The van der Waals surface area contributed by atoms with Crippen LogP contribution < -0.4 is 4.74 Å². The molecule has 2 aromatic heterocycles. The SMILES string of the molecule is COc1ncc(Sc2c[nH]cc2O)cn1. The van der Waals surface area contributed by atoms with Crippen molar-refractivity contribution in [2.75, 3.05) is 7.11 Å². The first-order valence-electron chi connectivity index (χ1n) is 4.19. The Morgan fingerprint density at radius 1 is 1.33 bits per heavy atom. The van der Waals surface area contributed by atoms with E-state index in [1.165, 1.54) is 25.1 Å². The summed E-state index contributed by atoms with van der Waals surface area (Å²) in [6, 6.07) is 0.331. The molecule has 5 nitrogen and oxygen atoms in total. The van der Waals surface area contributed by atoms with E-state index in [9.17, 15) is 5.11 Å². The van der Waals surface area contributed by atoms with E-state index in [4.69, 9.17) is 4.74 Å². The lowest BCUT2D eigenvalue weighted by Gasteiger charge is -2.00. The Morgan fingerprint density at radius 3 is 2.60 bits per heavy atom. The Kier molecular flexibility index (Phi) is 2.77. The van der Waals surface area contributed by atoms with Crippen molar-refractivity contribution < 1.29 is 9.84 Å². The van der Waals surface area contributed by atoms with Crippen molar-refractivity contribution in [3.05, 3.63) is 24.8 Å². The molecule has 2 heterocycles. The second-order valence-electron chi connectivity index (χ2n) is 2.71. The third kappa shape index (κ3) is 2.21. The molecule has 2 rings (SSSR count). The molecule has 2 N–H and O–H groups in total. The van der Waals surface area contributed by atoms with E-state index in [-0.39, 0.29) is 5.75 Å². The van der Waals surface area contributed by atoms with Crippen LogP contribution in [-0.4, -0.2) is 27.2 Å². The van der Waals surface area contributed by atoms with Crippen LogP contribution in [0, 0.1) is 0 Å². The van der Waals surface area contributed by atoms with Gasteiger partial charge in [0, 0.05) is 29.7 Å². The van der Waals surface area contributed by atoms with Gasteiger partial charge in [0.05, 0.1) is 12.0 Å². The predicted molar refractivity (Wildman–Crippen MR) is 55.2 cm³/mol. The molecular formula is C9H9N3O2S. The lowest BCUT2D eigenvalue weighted by molar-refractivity contribution is 0.378. The van der Waals surface area contributed by atoms with Gasteiger partial charge in [-0.05, 0) is 0 Å². The first-order valence-corrected chi connectivity index (χ1v) is 5.01. The molecule has 2 aromatic rings. The maximum absolute atomic E-state index is 9.40. The first kappa shape index (κ1) is 9.85. The molecule has 6 heteroatoms. The Hall–Kier alpha value is -1.69. The highest BCUT2D eigenvalue weighted by Crippen LogP contribution is 2.33. The molecule has 0 bridgehead atoms. The van der Waals surface area contributed by atoms with Crippen LogP contribution in [0.4, 0.5) is 0 Å². The summed E-state index contributed by atoms with van der Waals surface area (Å²) in [5.41, 5.74) is 0. The largest absolute Gasteiger partial charge is 0.505 e. The van der Waals surface area contributed by atoms with Gasteiger partial charge >= 0.3 is 6.01 Å². The van der Waals surface area contributed by atoms with Gasteiger partial charge in [0.25, 0.3) is 0 Å². The number of nitrogens with zero attached hydrogens (tertiary/aromatic N) is 2. The van der Waals surface area contributed by atoms with Gasteiger partial charge in [0.2, 0.25) is 0 Å². The number of aromatic nitrogens is 3. The van der Waals surface area contributed by atoms with Gasteiger partial charge in [0.1, 0.15) is 5.75 Å². The molecule has 0 aliphatic carbocycles. The number of hydrogen-bond acceptors (Lipinski definition) is 5. The zero-order chi connectivity index (χ0) is 10.7. The van der Waals surface area contributed by atoms with Crippen molar-refractivity contribution in [3.63, 3.8) is 0 Å². The van der Waals surface area contributed by atoms with E-state index in [2.05, 4.69) is 15.0 Å². The molecule has 0 spiro atoms. The van der Waals surface area contributed by atoms with Gasteiger partial charge in [-0.2, -0.15) is 0 Å². The zero-order valence-corrected chi connectivity index (χ0v) is 8.78. The summed E-state index contributed by atoms with van der Waals surface area (Å²) in [6.45, 7) is 0. The van der Waals surface area contributed by atoms with Gasteiger partial charge in [-0.1, -0.05) is 11.8 Å². The fourth-order valence-corrected chi connectivity index (χ4v) is 1.77. The monoisotopic (exact) mass is 223 g/mol. The van der Waals surface area contributed by atoms with Gasteiger partial charge in [-0.25, -0.2) is 9.97 Å². The number of aromatic hydroxyl groups is 1. The average molecular weight is 223 g/mol. The fourth-order valence-electron chi connectivity index (χ4n) is 1.01. The number of H-pyrrole nitrogens is 1. The number of methoxy groups -OCH3 is 1. The van der Waals surface area contributed by atoms with E-state index in [0.29, 0.717) is 6.01 Å². The average Bonchev–Trinajstić information content (AvgIpc) is 2.66. The minimum absolute atomic E-state index is 0.218. The molecule has 0 amide bonds. The number of hydrogen-bond donors (Lipinski definition) is 2. The highest BCUT2D eigenvalue weighted by Gasteiger charge is 2.05. The summed E-state index contributed by atoms with van der Waals surface area (Å²) in [6.07, 6.45) is 6.52. The molecule has 0 saturated heterocycles. The van der Waals surface area contributed by atoms with E-state index in [1.807, 2.05) is 0 Å². The normalized spacial score (nSPS) is 10.2. The number of rotatable bonds is 3. The standard InChI is InChI=1S/C9H9N3O2S/c1-14-9-11-2-6(3-12-9)15-8-5-10-4-7(8)13/h2-5,10,13H,1H3. The molecule has 0 aliphatic rings. The van der Waals surface area contributed by atoms with Crippen LogP contribution in [0.25, 0.3) is 0 Å². The number of ether oxygens (including phenoxy) is 1. The van der Waals surface area contributed by atoms with Crippen molar-refractivity contribution in [1.82, 2.24) is 15.0 Å². The quantitative estimate of drug-likeness (QED) is 0.828. The van der Waals surface area contributed by atoms with E-state index in [1.54, 1.807) is 18.6 Å². The third-order valence-electron chi connectivity index (χ3n) is 1.70. The van der Waals surface area contributed by atoms with Crippen LogP contribution in [0.2, 0.25) is 0 Å². The van der Waals surface area contributed by atoms with E-state index in [0.717, 1.165) is 9.79 Å². The van der Waals surface area contributed by atoms with Crippen LogP contribution >= 0.6 is 11.8 Å². The second kappa shape index (κ2) is 4.22. The van der Waals surface area contributed by atoms with Crippen molar-refractivity contribution in [3.8, 4) is 11.8 Å². The third-order valence-corrected chi connectivity index (χ3v) is 2.70. The van der Waals surface area contributed by atoms with Gasteiger partial charge in [-0.15, -0.1) is 0 Å². The van der Waals surface area contributed by atoms with Crippen LogP contribution in [0.15, 0.2) is 34.6 Å². The van der Waals surface area contributed by atoms with Gasteiger partial charge in [0.15, 0.2) is 0 Å². The summed E-state index contributed by atoms with van der Waals surface area (Å²) in [7, 11) is 1.51. The van der Waals surface area contributed by atoms with Crippen LogP contribution in [0.3, 0.4) is 0 Å². The molecule has 0 fully saturated rings. The van der Waals surface area contributed by atoms with Crippen molar-refractivity contribution >= 4 is 11.8 Å². The molecule has 0 unspecified atom stereocenters. The van der Waals surface area contributed by atoms with E-state index < -0.39 is 0 Å². The summed E-state index contributed by atoms with van der Waals surface area (Å²) in [5.74, 6) is 0.218. The Balaban J connectivity index is 2.14. The summed E-state index contributed by atoms with van der Waals surface area (Å²) < 4.78 is 4.84. The summed E-state index contributed by atoms with van der Waals surface area (Å²) >= 11 is 1.38. The van der Waals surface area contributed by atoms with Crippen molar-refractivity contribution in [1.29, 1.82) is 0 Å². The van der Waals surface area contributed by atoms with Crippen LogP contribution in [-0.2, 0) is 0 Å². The van der Waals surface area contributed by atoms with Crippen molar-refractivity contribution in [2.24, 2.45) is 0 Å². The van der Waals surface area contributed by atoms with Gasteiger partial charge in [-0.3, -0.25) is 0 Å². The molecule has 0 aromatic carbocycles. The maximum Gasteiger partial charge on any atom is 0.316 e. The lowest BCUT2D eigenvalue weighted by Crippen LogP contribution is -1.90. The maximum atomic E-state index is 9.40. The smallest absolute Gasteiger partial charge is 0.316 e.